The Morgan fingerprint density at radius 3 is 2.58 bits per heavy atom. The molecule has 6 heteroatoms. The molecule has 5 rings (SSSR count). The van der Waals surface area contributed by atoms with Crippen LogP contribution in [0.3, 0.4) is 0 Å². The van der Waals surface area contributed by atoms with Crippen molar-refractivity contribution in [1.29, 1.82) is 0 Å². The molecule has 3 heterocycles. The first-order valence-electron chi connectivity index (χ1n) is 7.84. The van der Waals surface area contributed by atoms with Crippen LogP contribution in [0.4, 0.5) is 4.39 Å². The average Bonchev–Trinajstić information content (AvgIpc) is 3.30. The van der Waals surface area contributed by atoms with Gasteiger partial charge < -0.3 is 4.57 Å². The quantitative estimate of drug-likeness (QED) is 0.570. The van der Waals surface area contributed by atoms with Gasteiger partial charge in [-0.15, -0.1) is 0 Å². The van der Waals surface area contributed by atoms with Crippen LogP contribution in [-0.2, 0) is 0 Å². The largest absolute Gasteiger partial charge is 0.302 e. The van der Waals surface area contributed by atoms with E-state index in [2.05, 4.69) is 9.97 Å². The number of aromatic nitrogens is 4. The van der Waals surface area contributed by atoms with Crippen molar-refractivity contribution in [1.82, 2.24) is 18.9 Å². The van der Waals surface area contributed by atoms with Crippen LogP contribution in [0.1, 0.15) is 18.9 Å². The number of rotatable bonds is 2. The van der Waals surface area contributed by atoms with E-state index in [1.807, 2.05) is 0 Å². The van der Waals surface area contributed by atoms with Gasteiger partial charge in [0.2, 0.25) is 0 Å². The van der Waals surface area contributed by atoms with E-state index < -0.39 is 0 Å². The Labute approximate surface area is 136 Å². The Hall–Kier alpha value is -3.02. The van der Waals surface area contributed by atoms with Crippen molar-refractivity contribution in [3.05, 3.63) is 65.4 Å². The van der Waals surface area contributed by atoms with Crippen molar-refractivity contribution < 1.29 is 4.39 Å². The smallest absolute Gasteiger partial charge is 0.277 e. The van der Waals surface area contributed by atoms with Crippen LogP contribution in [0.2, 0.25) is 0 Å². The molecule has 1 fully saturated rings. The highest BCUT2D eigenvalue weighted by Crippen LogP contribution is 2.37. The Balaban J connectivity index is 1.94. The lowest BCUT2D eigenvalue weighted by Gasteiger charge is -2.13. The van der Waals surface area contributed by atoms with Crippen molar-refractivity contribution in [2.24, 2.45) is 0 Å². The molecule has 3 aromatic heterocycles. The van der Waals surface area contributed by atoms with Gasteiger partial charge in [-0.3, -0.25) is 14.2 Å². The van der Waals surface area contributed by atoms with Gasteiger partial charge in [0.15, 0.2) is 0 Å². The third kappa shape index (κ3) is 1.83. The number of hydrogen-bond acceptors (Lipinski definition) is 3. The van der Waals surface area contributed by atoms with Crippen LogP contribution in [0.15, 0.2) is 54.0 Å². The summed E-state index contributed by atoms with van der Waals surface area (Å²) < 4.78 is 18.2. The minimum Gasteiger partial charge on any atom is -0.302 e. The normalized spacial score (nSPS) is 14.5. The predicted octanol–water partition coefficient (Wildman–Crippen LogP) is 3.19. The van der Waals surface area contributed by atoms with Gasteiger partial charge in [0.1, 0.15) is 11.3 Å². The van der Waals surface area contributed by atoms with Crippen LogP contribution in [0, 0.1) is 5.82 Å². The molecule has 1 saturated carbocycles. The molecule has 4 aromatic rings. The van der Waals surface area contributed by atoms with Gasteiger partial charge in [-0.1, -0.05) is 0 Å². The summed E-state index contributed by atoms with van der Waals surface area (Å²) in [7, 11) is 0. The number of hydrogen-bond donors (Lipinski definition) is 0. The van der Waals surface area contributed by atoms with Crippen molar-refractivity contribution in [2.45, 2.75) is 18.9 Å². The summed E-state index contributed by atoms with van der Waals surface area (Å²) in [5.41, 5.74) is 3.01. The maximum atomic E-state index is 14.7. The second kappa shape index (κ2) is 4.74. The molecule has 0 amide bonds. The van der Waals surface area contributed by atoms with Gasteiger partial charge in [-0.25, -0.2) is 9.37 Å². The summed E-state index contributed by atoms with van der Waals surface area (Å²) >= 11 is 0. The van der Waals surface area contributed by atoms with E-state index in [-0.39, 0.29) is 17.4 Å². The molecule has 5 nitrogen and oxygen atoms in total. The van der Waals surface area contributed by atoms with Crippen molar-refractivity contribution in [3.63, 3.8) is 0 Å². The standard InChI is InChI=1S/C18H13FN4O/c19-14-8-15-16(7-13(14)11-3-5-20-6-4-11)23(12-1-2-12)18(24)17-9-21-10-22(15)17/h3-10,12H,1-2H2. The molecule has 0 spiro atoms. The number of fused-ring (bicyclic) bond motifs is 3. The number of pyridine rings is 1. The molecule has 118 valence electrons. The Bertz CT molecular complexity index is 1140. The molecule has 0 saturated heterocycles. The monoisotopic (exact) mass is 320 g/mol. The van der Waals surface area contributed by atoms with Crippen molar-refractivity contribution in [3.8, 4) is 11.1 Å². The fourth-order valence-corrected chi connectivity index (χ4v) is 3.26. The van der Waals surface area contributed by atoms with Gasteiger partial charge in [-0.2, -0.15) is 0 Å². The molecule has 1 aliphatic rings. The molecule has 0 atom stereocenters. The minimum absolute atomic E-state index is 0.0743. The molecule has 0 radical (unpaired) electrons. The zero-order valence-electron chi connectivity index (χ0n) is 12.7. The van der Waals surface area contributed by atoms with Crippen LogP contribution < -0.4 is 5.56 Å². The SMILES string of the molecule is O=c1c2cncn2c2cc(F)c(-c3ccncc3)cc2n1C1CC1. The predicted molar refractivity (Wildman–Crippen MR) is 88.4 cm³/mol. The average molecular weight is 320 g/mol. The summed E-state index contributed by atoms with van der Waals surface area (Å²) in [5, 5.41) is 0. The molecule has 0 aliphatic heterocycles. The lowest BCUT2D eigenvalue weighted by atomic mass is 10.1. The van der Waals surface area contributed by atoms with Crippen LogP contribution in [-0.4, -0.2) is 18.9 Å². The Kier molecular flexibility index (Phi) is 2.65. The second-order valence-electron chi connectivity index (χ2n) is 6.11. The van der Waals surface area contributed by atoms with Crippen LogP contribution in [0.25, 0.3) is 27.7 Å². The highest BCUT2D eigenvalue weighted by molar-refractivity contribution is 5.84. The van der Waals surface area contributed by atoms with Gasteiger partial charge in [-0.05, 0) is 36.6 Å². The molecule has 0 N–H and O–H groups in total. The van der Waals surface area contributed by atoms with Gasteiger partial charge in [0, 0.05) is 30.1 Å². The molecule has 1 aliphatic carbocycles. The van der Waals surface area contributed by atoms with E-state index in [1.165, 1.54) is 12.3 Å². The molecular formula is C18H13FN4O. The van der Waals surface area contributed by atoms with Crippen molar-refractivity contribution in [2.75, 3.05) is 0 Å². The summed E-state index contributed by atoms with van der Waals surface area (Å²) in [5.74, 6) is -0.329. The third-order valence-corrected chi connectivity index (χ3v) is 4.56. The summed E-state index contributed by atoms with van der Waals surface area (Å²) in [4.78, 5) is 20.9. The lowest BCUT2D eigenvalue weighted by Crippen LogP contribution is -2.22. The number of imidazole rings is 1. The first kappa shape index (κ1) is 13.4. The summed E-state index contributed by atoms with van der Waals surface area (Å²) in [6.45, 7) is 0. The highest BCUT2D eigenvalue weighted by Gasteiger charge is 2.28. The Morgan fingerprint density at radius 2 is 1.83 bits per heavy atom. The van der Waals surface area contributed by atoms with E-state index in [0.29, 0.717) is 16.6 Å². The van der Waals surface area contributed by atoms with E-state index in [9.17, 15) is 9.18 Å². The maximum Gasteiger partial charge on any atom is 0.277 e. The topological polar surface area (TPSA) is 52.2 Å². The summed E-state index contributed by atoms with van der Waals surface area (Å²) in [6, 6.07) is 6.96. The first-order valence-corrected chi connectivity index (χ1v) is 7.84. The molecule has 0 unspecified atom stereocenters. The zero-order valence-corrected chi connectivity index (χ0v) is 12.7. The second-order valence-corrected chi connectivity index (χ2v) is 6.11. The van der Waals surface area contributed by atoms with Crippen LogP contribution in [0.5, 0.6) is 0 Å². The number of benzene rings is 1. The fourth-order valence-electron chi connectivity index (χ4n) is 3.26. The first-order chi connectivity index (χ1) is 11.7. The molecule has 24 heavy (non-hydrogen) atoms. The molecule has 1 aromatic carbocycles. The minimum atomic E-state index is -0.329. The number of nitrogens with zero attached hydrogens (tertiary/aromatic N) is 4. The lowest BCUT2D eigenvalue weighted by molar-refractivity contribution is 0.631. The van der Waals surface area contributed by atoms with Crippen molar-refractivity contribution >= 4 is 16.6 Å². The van der Waals surface area contributed by atoms with Crippen LogP contribution >= 0.6 is 0 Å². The van der Waals surface area contributed by atoms with E-state index in [0.717, 1.165) is 23.9 Å². The summed E-state index contributed by atoms with van der Waals surface area (Å²) in [6.07, 6.45) is 8.30. The maximum absolute atomic E-state index is 14.7. The van der Waals surface area contributed by atoms with E-state index in [4.69, 9.17) is 0 Å². The zero-order chi connectivity index (χ0) is 16.3. The molecule has 0 bridgehead atoms. The van der Waals surface area contributed by atoms with E-state index in [1.54, 1.807) is 45.9 Å². The Morgan fingerprint density at radius 1 is 1.04 bits per heavy atom. The highest BCUT2D eigenvalue weighted by atomic mass is 19.1. The number of halogens is 1. The third-order valence-electron chi connectivity index (χ3n) is 4.56. The fraction of sp³-hybridized carbons (Fsp3) is 0.167. The van der Waals surface area contributed by atoms with Gasteiger partial charge >= 0.3 is 0 Å². The van der Waals surface area contributed by atoms with Gasteiger partial charge in [0.25, 0.3) is 5.56 Å². The van der Waals surface area contributed by atoms with Gasteiger partial charge in [0.05, 0.1) is 23.6 Å². The van der Waals surface area contributed by atoms with E-state index >= 15 is 0 Å². The molecular weight excluding hydrogens is 307 g/mol.